The number of guanidine groups is 1. The highest BCUT2D eigenvalue weighted by Gasteiger charge is 2.24. The van der Waals surface area contributed by atoms with Gasteiger partial charge in [-0.05, 0) is 26.2 Å². The highest BCUT2D eigenvalue weighted by molar-refractivity contribution is 14.0. The van der Waals surface area contributed by atoms with Crippen LogP contribution in [-0.4, -0.2) is 63.8 Å². The minimum Gasteiger partial charge on any atom is -0.469 e. The summed E-state index contributed by atoms with van der Waals surface area (Å²) in [6, 6.07) is 0. The molecule has 1 atom stereocenters. The summed E-state index contributed by atoms with van der Waals surface area (Å²) in [7, 11) is 3.19. The van der Waals surface area contributed by atoms with Gasteiger partial charge in [0.25, 0.3) is 0 Å². The molecule has 0 amide bonds. The molecule has 1 fully saturated rings. The van der Waals surface area contributed by atoms with Crippen molar-refractivity contribution in [2.45, 2.75) is 39.0 Å². The molecule has 0 aromatic rings. The largest absolute Gasteiger partial charge is 0.469 e. The summed E-state index contributed by atoms with van der Waals surface area (Å²) in [5, 5.41) is 3.37. The molecule has 1 heterocycles. The molecular formula is C16H32IN3O3. The van der Waals surface area contributed by atoms with Gasteiger partial charge in [0.2, 0.25) is 0 Å². The van der Waals surface area contributed by atoms with E-state index in [0.29, 0.717) is 12.3 Å². The van der Waals surface area contributed by atoms with Crippen molar-refractivity contribution in [1.82, 2.24) is 10.2 Å². The number of methoxy groups -OCH3 is 2. The Hall–Kier alpha value is -0.570. The van der Waals surface area contributed by atoms with Crippen molar-refractivity contribution in [3.63, 3.8) is 0 Å². The predicted octanol–water partition coefficient (Wildman–Crippen LogP) is 2.27. The molecule has 0 bridgehead atoms. The van der Waals surface area contributed by atoms with E-state index in [9.17, 15) is 4.79 Å². The van der Waals surface area contributed by atoms with E-state index >= 15 is 0 Å². The quantitative estimate of drug-likeness (QED) is 0.196. The monoisotopic (exact) mass is 441 g/mol. The number of carbonyl (C=O) groups excluding carboxylic acids is 1. The van der Waals surface area contributed by atoms with E-state index in [1.165, 1.54) is 7.11 Å². The van der Waals surface area contributed by atoms with Crippen molar-refractivity contribution in [3.8, 4) is 0 Å². The smallest absolute Gasteiger partial charge is 0.305 e. The molecule has 0 radical (unpaired) electrons. The lowest BCUT2D eigenvalue weighted by atomic mass is 10.1. The Bertz CT molecular complexity index is 353. The molecule has 0 aromatic heterocycles. The fraction of sp³-hybridized carbons (Fsp3) is 0.875. The van der Waals surface area contributed by atoms with E-state index in [2.05, 4.69) is 21.9 Å². The van der Waals surface area contributed by atoms with Gasteiger partial charge in [-0.3, -0.25) is 9.79 Å². The minimum absolute atomic E-state index is 0. The summed E-state index contributed by atoms with van der Waals surface area (Å²) in [5.41, 5.74) is 0. The average Bonchev–Trinajstić information content (AvgIpc) is 2.98. The Morgan fingerprint density at radius 2 is 2.09 bits per heavy atom. The maximum absolute atomic E-state index is 11.0. The van der Waals surface area contributed by atoms with Crippen molar-refractivity contribution in [1.29, 1.82) is 0 Å². The fourth-order valence-corrected chi connectivity index (χ4v) is 2.67. The van der Waals surface area contributed by atoms with E-state index in [-0.39, 0.29) is 29.9 Å². The molecule has 136 valence electrons. The van der Waals surface area contributed by atoms with Crippen LogP contribution in [-0.2, 0) is 14.3 Å². The lowest BCUT2D eigenvalue weighted by molar-refractivity contribution is -0.140. The number of rotatable bonds is 9. The van der Waals surface area contributed by atoms with Crippen LogP contribution >= 0.6 is 24.0 Å². The Morgan fingerprint density at radius 1 is 1.30 bits per heavy atom. The number of halogens is 1. The topological polar surface area (TPSA) is 63.2 Å². The molecule has 0 spiro atoms. The van der Waals surface area contributed by atoms with Gasteiger partial charge >= 0.3 is 5.97 Å². The van der Waals surface area contributed by atoms with E-state index in [1.807, 2.05) is 0 Å². The van der Waals surface area contributed by atoms with Crippen LogP contribution in [0.5, 0.6) is 0 Å². The highest BCUT2D eigenvalue weighted by atomic mass is 127. The van der Waals surface area contributed by atoms with Crippen LogP contribution in [0.1, 0.15) is 39.0 Å². The molecule has 23 heavy (non-hydrogen) atoms. The number of nitrogens with zero attached hydrogens (tertiary/aromatic N) is 2. The van der Waals surface area contributed by atoms with Crippen molar-refractivity contribution in [2.75, 3.05) is 47.0 Å². The zero-order valence-electron chi connectivity index (χ0n) is 14.7. The number of carbonyl (C=O) groups is 1. The number of esters is 1. The van der Waals surface area contributed by atoms with Gasteiger partial charge in [0.05, 0.1) is 13.7 Å². The fourth-order valence-electron chi connectivity index (χ4n) is 2.67. The van der Waals surface area contributed by atoms with Gasteiger partial charge in [-0.2, -0.15) is 0 Å². The molecule has 1 unspecified atom stereocenters. The Morgan fingerprint density at radius 3 is 2.74 bits per heavy atom. The first-order valence-corrected chi connectivity index (χ1v) is 8.30. The molecule has 1 rings (SSSR count). The van der Waals surface area contributed by atoms with Crippen LogP contribution in [0.3, 0.4) is 0 Å². The van der Waals surface area contributed by atoms with Gasteiger partial charge in [0, 0.05) is 45.6 Å². The molecule has 0 aliphatic carbocycles. The summed E-state index contributed by atoms with van der Waals surface area (Å²) in [6.45, 7) is 6.66. The second-order valence-electron chi connectivity index (χ2n) is 5.68. The molecule has 1 aliphatic heterocycles. The third-order valence-electron chi connectivity index (χ3n) is 3.85. The summed E-state index contributed by atoms with van der Waals surface area (Å²) in [4.78, 5) is 18.0. The highest BCUT2D eigenvalue weighted by Crippen LogP contribution is 2.16. The van der Waals surface area contributed by atoms with Crippen LogP contribution < -0.4 is 5.32 Å². The van der Waals surface area contributed by atoms with E-state index in [1.54, 1.807) is 7.11 Å². The minimum atomic E-state index is -0.127. The lowest BCUT2D eigenvalue weighted by Crippen LogP contribution is -2.40. The summed E-state index contributed by atoms with van der Waals surface area (Å²) in [6.07, 6.45) is 4.55. The molecule has 0 saturated carbocycles. The standard InChI is InChI=1S/C16H31N3O3.HI/c1-4-17-16(19-11-9-14(12-19)13-21-2)18-10-7-5-6-8-15(20)22-3;/h14H,4-13H2,1-3H3,(H,17,18);1H. The summed E-state index contributed by atoms with van der Waals surface area (Å²) < 4.78 is 9.87. The van der Waals surface area contributed by atoms with Crippen LogP contribution in [0.4, 0.5) is 0 Å². The predicted molar refractivity (Wildman–Crippen MR) is 103 cm³/mol. The van der Waals surface area contributed by atoms with Crippen LogP contribution in [0.2, 0.25) is 0 Å². The number of nitrogens with one attached hydrogen (secondary N) is 1. The maximum Gasteiger partial charge on any atom is 0.305 e. The van der Waals surface area contributed by atoms with Crippen molar-refractivity contribution in [3.05, 3.63) is 0 Å². The van der Waals surface area contributed by atoms with Gasteiger partial charge in [0.1, 0.15) is 0 Å². The van der Waals surface area contributed by atoms with Crippen molar-refractivity contribution < 1.29 is 14.3 Å². The number of hydrogen-bond donors (Lipinski definition) is 1. The van der Waals surface area contributed by atoms with Gasteiger partial charge in [-0.15, -0.1) is 24.0 Å². The maximum atomic E-state index is 11.0. The molecule has 1 aliphatic rings. The van der Waals surface area contributed by atoms with Crippen LogP contribution in [0.15, 0.2) is 4.99 Å². The first kappa shape index (κ1) is 22.4. The number of aliphatic imine (C=N–C) groups is 1. The number of ether oxygens (including phenoxy) is 2. The number of unbranched alkanes of at least 4 members (excludes halogenated alkanes) is 2. The Kier molecular flexibility index (Phi) is 13.5. The lowest BCUT2D eigenvalue weighted by Gasteiger charge is -2.21. The van der Waals surface area contributed by atoms with Crippen molar-refractivity contribution >= 4 is 35.9 Å². The zero-order valence-corrected chi connectivity index (χ0v) is 17.0. The molecule has 7 heteroatoms. The zero-order chi connectivity index (χ0) is 16.2. The second kappa shape index (κ2) is 13.8. The normalized spacial score (nSPS) is 17.8. The molecule has 6 nitrogen and oxygen atoms in total. The van der Waals surface area contributed by atoms with Gasteiger partial charge < -0.3 is 19.7 Å². The van der Waals surface area contributed by atoms with Crippen molar-refractivity contribution in [2.24, 2.45) is 10.9 Å². The van der Waals surface area contributed by atoms with Crippen LogP contribution in [0, 0.1) is 5.92 Å². The van der Waals surface area contributed by atoms with E-state index in [4.69, 9.17) is 9.73 Å². The Balaban J connectivity index is 0.00000484. The molecule has 1 N–H and O–H groups in total. The second-order valence-corrected chi connectivity index (χ2v) is 5.68. The molecule has 0 aromatic carbocycles. The van der Waals surface area contributed by atoms with E-state index < -0.39 is 0 Å². The average molecular weight is 441 g/mol. The number of hydrogen-bond acceptors (Lipinski definition) is 4. The summed E-state index contributed by atoms with van der Waals surface area (Å²) >= 11 is 0. The van der Waals surface area contributed by atoms with Gasteiger partial charge in [0.15, 0.2) is 5.96 Å². The Labute approximate surface area is 157 Å². The van der Waals surface area contributed by atoms with E-state index in [0.717, 1.165) is 64.4 Å². The van der Waals surface area contributed by atoms with Gasteiger partial charge in [-0.25, -0.2) is 0 Å². The molecule has 1 saturated heterocycles. The summed E-state index contributed by atoms with van der Waals surface area (Å²) in [5.74, 6) is 1.49. The van der Waals surface area contributed by atoms with Crippen LogP contribution in [0.25, 0.3) is 0 Å². The van der Waals surface area contributed by atoms with Gasteiger partial charge in [-0.1, -0.05) is 6.42 Å². The third-order valence-corrected chi connectivity index (χ3v) is 3.85. The first-order chi connectivity index (χ1) is 10.7. The number of likely N-dealkylation sites (tertiary alicyclic amines) is 1. The first-order valence-electron chi connectivity index (χ1n) is 8.30. The molecular weight excluding hydrogens is 409 g/mol. The third kappa shape index (κ3) is 9.34. The SMILES string of the molecule is CCNC(=NCCCCCC(=O)OC)N1CCC(COC)C1.I.